The van der Waals surface area contributed by atoms with E-state index < -0.39 is 11.9 Å². The molecule has 2 N–H and O–H groups in total. The SMILES string of the molecule is CCc1nnc(C2C(=N)SC(=Cc3ccc(-c4ccc(C(=O)O)cc4)o3)C2=O)s1. The van der Waals surface area contributed by atoms with Gasteiger partial charge in [0, 0.05) is 5.56 Å². The Hall–Kier alpha value is -3.04. The van der Waals surface area contributed by atoms with E-state index in [9.17, 15) is 9.59 Å². The Kier molecular flexibility index (Phi) is 5.16. The molecular weight excluding hydrogens is 410 g/mol. The fourth-order valence-corrected chi connectivity index (χ4v) is 4.77. The number of hydrogen-bond acceptors (Lipinski definition) is 8. The van der Waals surface area contributed by atoms with Crippen LogP contribution in [0.25, 0.3) is 17.4 Å². The maximum absolute atomic E-state index is 12.8. The van der Waals surface area contributed by atoms with Crippen molar-refractivity contribution in [2.24, 2.45) is 0 Å². The van der Waals surface area contributed by atoms with Gasteiger partial charge in [-0.05, 0) is 36.8 Å². The molecule has 0 spiro atoms. The number of aromatic nitrogens is 2. The van der Waals surface area contributed by atoms with E-state index in [4.69, 9.17) is 14.9 Å². The summed E-state index contributed by atoms with van der Waals surface area (Å²) in [5, 5.41) is 26.9. The number of carboxylic acids is 1. The number of carbonyl (C=O) groups excluding carboxylic acids is 1. The number of nitrogens with zero attached hydrogens (tertiary/aromatic N) is 2. The van der Waals surface area contributed by atoms with Gasteiger partial charge in [0.2, 0.25) is 0 Å². The van der Waals surface area contributed by atoms with Gasteiger partial charge in [0.25, 0.3) is 0 Å². The van der Waals surface area contributed by atoms with Crippen LogP contribution < -0.4 is 0 Å². The van der Waals surface area contributed by atoms with Gasteiger partial charge >= 0.3 is 5.97 Å². The number of hydrogen-bond donors (Lipinski definition) is 2. The van der Waals surface area contributed by atoms with E-state index in [0.717, 1.165) is 28.8 Å². The Bertz CT molecular complexity index is 1140. The van der Waals surface area contributed by atoms with E-state index in [0.29, 0.717) is 21.4 Å². The van der Waals surface area contributed by atoms with Gasteiger partial charge in [-0.3, -0.25) is 10.2 Å². The van der Waals surface area contributed by atoms with Crippen LogP contribution in [0.15, 0.2) is 45.7 Å². The van der Waals surface area contributed by atoms with Gasteiger partial charge in [-0.2, -0.15) is 0 Å². The fourth-order valence-electron chi connectivity index (χ4n) is 2.83. The number of Topliss-reactive ketones (excluding diaryl/α,β-unsaturated/α-hetero) is 1. The largest absolute Gasteiger partial charge is 0.478 e. The van der Waals surface area contributed by atoms with Gasteiger partial charge in [0.05, 0.1) is 15.5 Å². The van der Waals surface area contributed by atoms with Crippen LogP contribution in [0.1, 0.15) is 39.0 Å². The summed E-state index contributed by atoms with van der Waals surface area (Å²) in [5.41, 5.74) is 0.930. The van der Waals surface area contributed by atoms with E-state index >= 15 is 0 Å². The zero-order chi connectivity index (χ0) is 20.5. The molecule has 7 nitrogen and oxygen atoms in total. The quantitative estimate of drug-likeness (QED) is 0.579. The third-order valence-electron chi connectivity index (χ3n) is 4.34. The highest BCUT2D eigenvalue weighted by molar-refractivity contribution is 8.19. The fraction of sp³-hybridized carbons (Fsp3) is 0.150. The highest BCUT2D eigenvalue weighted by Gasteiger charge is 2.39. The van der Waals surface area contributed by atoms with Crippen molar-refractivity contribution in [2.45, 2.75) is 19.3 Å². The standard InChI is InChI=1S/C20H15N3O4S2/c1-2-15-22-23-19(29-15)16-17(24)14(28-18(16)21)9-12-7-8-13(27-12)10-3-5-11(6-4-10)20(25)26/h3-9,16,21H,2H2,1H3,(H,25,26). The van der Waals surface area contributed by atoms with Crippen molar-refractivity contribution in [1.82, 2.24) is 10.2 Å². The number of furan rings is 1. The predicted molar refractivity (Wildman–Crippen MR) is 111 cm³/mol. The molecule has 1 saturated heterocycles. The lowest BCUT2D eigenvalue weighted by molar-refractivity contribution is -0.114. The smallest absolute Gasteiger partial charge is 0.335 e. The highest BCUT2D eigenvalue weighted by Crippen LogP contribution is 2.41. The van der Waals surface area contributed by atoms with Crippen LogP contribution >= 0.6 is 23.1 Å². The second-order valence-corrected chi connectivity index (χ2v) is 8.42. The number of rotatable bonds is 5. The van der Waals surface area contributed by atoms with Gasteiger partial charge in [0.1, 0.15) is 27.5 Å². The minimum absolute atomic E-state index is 0.178. The Balaban J connectivity index is 1.56. The van der Waals surface area contributed by atoms with Crippen LogP contribution in [0.3, 0.4) is 0 Å². The van der Waals surface area contributed by atoms with Crippen molar-refractivity contribution in [1.29, 1.82) is 5.41 Å². The summed E-state index contributed by atoms with van der Waals surface area (Å²) in [5.74, 6) is -0.813. The Morgan fingerprint density at radius 2 is 2.00 bits per heavy atom. The number of ketones is 1. The third-order valence-corrected chi connectivity index (χ3v) is 6.46. The average Bonchev–Trinajstić information content (AvgIpc) is 3.42. The number of carboxylic acid groups (broad SMARTS) is 1. The van der Waals surface area contributed by atoms with Crippen molar-refractivity contribution in [3.63, 3.8) is 0 Å². The molecule has 1 aliphatic heterocycles. The molecule has 0 amide bonds. The van der Waals surface area contributed by atoms with Gasteiger partial charge in [-0.1, -0.05) is 30.8 Å². The van der Waals surface area contributed by atoms with Crippen molar-refractivity contribution >= 4 is 46.0 Å². The van der Waals surface area contributed by atoms with Crippen molar-refractivity contribution < 1.29 is 19.1 Å². The maximum atomic E-state index is 12.8. The molecule has 0 radical (unpaired) electrons. The molecule has 1 fully saturated rings. The molecule has 0 bridgehead atoms. The Morgan fingerprint density at radius 3 is 2.66 bits per heavy atom. The Labute approximate surface area is 174 Å². The average molecular weight is 425 g/mol. The minimum Gasteiger partial charge on any atom is -0.478 e. The number of allylic oxidation sites excluding steroid dienone is 1. The first kappa shape index (κ1) is 19.3. The lowest BCUT2D eigenvalue weighted by Crippen LogP contribution is -2.11. The zero-order valence-electron chi connectivity index (χ0n) is 15.2. The molecular formula is C20H15N3O4S2. The van der Waals surface area contributed by atoms with Gasteiger partial charge in [-0.15, -0.1) is 21.5 Å². The predicted octanol–water partition coefficient (Wildman–Crippen LogP) is 4.48. The zero-order valence-corrected chi connectivity index (χ0v) is 16.8. The number of benzene rings is 1. The van der Waals surface area contributed by atoms with Crippen molar-refractivity contribution in [2.75, 3.05) is 0 Å². The molecule has 1 atom stereocenters. The molecule has 1 unspecified atom stereocenters. The number of nitrogens with one attached hydrogen (secondary N) is 1. The summed E-state index contributed by atoms with van der Waals surface area (Å²) < 4.78 is 5.79. The molecule has 3 heterocycles. The van der Waals surface area contributed by atoms with Crippen molar-refractivity contribution in [3.8, 4) is 11.3 Å². The van der Waals surface area contributed by atoms with Crippen LogP contribution in [0.5, 0.6) is 0 Å². The summed E-state index contributed by atoms with van der Waals surface area (Å²) in [7, 11) is 0. The van der Waals surface area contributed by atoms with Crippen LogP contribution in [0, 0.1) is 5.41 Å². The lowest BCUT2D eigenvalue weighted by atomic mass is 10.1. The molecule has 146 valence electrons. The maximum Gasteiger partial charge on any atom is 0.335 e. The summed E-state index contributed by atoms with van der Waals surface area (Å²) in [6, 6.07) is 9.84. The first-order chi connectivity index (χ1) is 14.0. The summed E-state index contributed by atoms with van der Waals surface area (Å²) in [6.45, 7) is 1.97. The molecule has 9 heteroatoms. The second kappa shape index (κ2) is 7.76. The van der Waals surface area contributed by atoms with Crippen LogP contribution in [0.2, 0.25) is 0 Å². The first-order valence-electron chi connectivity index (χ1n) is 8.74. The van der Waals surface area contributed by atoms with E-state index in [1.165, 1.54) is 23.5 Å². The second-order valence-electron chi connectivity index (χ2n) is 6.24. The molecule has 3 aromatic rings. The third kappa shape index (κ3) is 3.79. The van der Waals surface area contributed by atoms with E-state index in [1.807, 2.05) is 6.92 Å². The molecule has 2 aromatic heterocycles. The summed E-state index contributed by atoms with van der Waals surface area (Å²) in [4.78, 5) is 24.2. The first-order valence-corrected chi connectivity index (χ1v) is 10.4. The molecule has 4 rings (SSSR count). The van der Waals surface area contributed by atoms with Gasteiger partial charge in [0.15, 0.2) is 5.78 Å². The Morgan fingerprint density at radius 1 is 1.24 bits per heavy atom. The van der Waals surface area contributed by atoms with Crippen LogP contribution in [-0.4, -0.2) is 32.1 Å². The number of aromatic carboxylic acids is 1. The number of aryl methyl sites for hydroxylation is 1. The van der Waals surface area contributed by atoms with Gasteiger partial charge < -0.3 is 9.52 Å². The normalized spacial score (nSPS) is 18.0. The number of carbonyl (C=O) groups is 2. The lowest BCUT2D eigenvalue weighted by Gasteiger charge is -2.00. The van der Waals surface area contributed by atoms with Gasteiger partial charge in [-0.25, -0.2) is 4.79 Å². The van der Waals surface area contributed by atoms with Crippen LogP contribution in [-0.2, 0) is 11.2 Å². The number of thioether (sulfide) groups is 1. The molecule has 0 saturated carbocycles. The monoisotopic (exact) mass is 425 g/mol. The molecule has 29 heavy (non-hydrogen) atoms. The summed E-state index contributed by atoms with van der Waals surface area (Å²) >= 11 is 2.47. The molecule has 1 aliphatic rings. The highest BCUT2D eigenvalue weighted by atomic mass is 32.2. The van der Waals surface area contributed by atoms with Crippen LogP contribution in [0.4, 0.5) is 0 Å². The topological polar surface area (TPSA) is 117 Å². The van der Waals surface area contributed by atoms with E-state index in [-0.39, 0.29) is 16.4 Å². The summed E-state index contributed by atoms with van der Waals surface area (Å²) in [6.07, 6.45) is 2.36. The van der Waals surface area contributed by atoms with E-state index in [2.05, 4.69) is 10.2 Å². The molecule has 1 aromatic carbocycles. The minimum atomic E-state index is -0.989. The molecule has 0 aliphatic carbocycles. The van der Waals surface area contributed by atoms with Crippen molar-refractivity contribution in [3.05, 3.63) is 62.6 Å². The van der Waals surface area contributed by atoms with E-state index in [1.54, 1.807) is 30.3 Å².